The van der Waals surface area contributed by atoms with Crippen molar-refractivity contribution >= 4 is 5.91 Å². The fourth-order valence-electron chi connectivity index (χ4n) is 1.09. The molecule has 0 radical (unpaired) electrons. The number of carbonyl (C=O) groups excluding carboxylic acids is 1. The van der Waals surface area contributed by atoms with Crippen molar-refractivity contribution in [2.24, 2.45) is 11.7 Å². The van der Waals surface area contributed by atoms with Crippen molar-refractivity contribution in [3.8, 4) is 0 Å². The highest BCUT2D eigenvalue weighted by molar-refractivity contribution is 5.79. The van der Waals surface area contributed by atoms with Crippen LogP contribution in [0, 0.1) is 5.92 Å². The predicted octanol–water partition coefficient (Wildman–Crippen LogP) is 0.202. The molecule has 64 valence electrons. The summed E-state index contributed by atoms with van der Waals surface area (Å²) in [5.74, 6) is 0.176. The second-order valence-corrected chi connectivity index (χ2v) is 3.32. The van der Waals surface area contributed by atoms with E-state index in [0.29, 0.717) is 12.6 Å². The van der Waals surface area contributed by atoms with Gasteiger partial charge in [0.05, 0.1) is 0 Å². The van der Waals surface area contributed by atoms with Crippen LogP contribution in [0.15, 0.2) is 0 Å². The number of hydrogen-bond donors (Lipinski definition) is 1. The molecule has 1 unspecified atom stereocenters. The Kier molecular flexibility index (Phi) is 2.49. The zero-order chi connectivity index (χ0) is 8.43. The molecule has 3 heteroatoms. The first-order valence-electron chi connectivity index (χ1n) is 4.13. The molecule has 0 spiro atoms. The van der Waals surface area contributed by atoms with Crippen LogP contribution in [0.2, 0.25) is 0 Å². The van der Waals surface area contributed by atoms with Crippen LogP contribution in [0.1, 0.15) is 19.8 Å². The lowest BCUT2D eigenvalue weighted by Gasteiger charge is -2.19. The molecule has 1 amide bonds. The van der Waals surface area contributed by atoms with E-state index in [0.717, 1.165) is 0 Å². The Morgan fingerprint density at radius 1 is 1.73 bits per heavy atom. The molecule has 1 aliphatic carbocycles. The fraction of sp³-hybridized carbons (Fsp3) is 0.875. The minimum absolute atomic E-state index is 0.0133. The smallest absolute Gasteiger partial charge is 0.226 e. The van der Waals surface area contributed by atoms with E-state index in [1.54, 1.807) is 0 Å². The van der Waals surface area contributed by atoms with Gasteiger partial charge in [0.15, 0.2) is 0 Å². The van der Waals surface area contributed by atoms with Crippen LogP contribution in [0.25, 0.3) is 0 Å². The van der Waals surface area contributed by atoms with E-state index in [2.05, 4.69) is 0 Å². The van der Waals surface area contributed by atoms with Crippen LogP contribution in [0.5, 0.6) is 0 Å². The molecule has 1 fully saturated rings. The Bertz CT molecular complexity index is 154. The van der Waals surface area contributed by atoms with Gasteiger partial charge in [0.25, 0.3) is 0 Å². The molecule has 0 aromatic heterocycles. The summed E-state index contributed by atoms with van der Waals surface area (Å²) in [5, 5.41) is 0. The van der Waals surface area contributed by atoms with Crippen LogP contribution in [0.3, 0.4) is 0 Å². The van der Waals surface area contributed by atoms with Gasteiger partial charge >= 0.3 is 0 Å². The zero-order valence-electron chi connectivity index (χ0n) is 7.21. The molecular formula is C8H16N2O. The van der Waals surface area contributed by atoms with Gasteiger partial charge < -0.3 is 10.6 Å². The van der Waals surface area contributed by atoms with Crippen molar-refractivity contribution in [3.05, 3.63) is 0 Å². The highest BCUT2D eigenvalue weighted by Crippen LogP contribution is 2.26. The summed E-state index contributed by atoms with van der Waals surface area (Å²) in [5.41, 5.74) is 5.38. The molecule has 1 rings (SSSR count). The number of nitrogens with two attached hydrogens (primary N) is 1. The van der Waals surface area contributed by atoms with Gasteiger partial charge in [-0.2, -0.15) is 0 Å². The summed E-state index contributed by atoms with van der Waals surface area (Å²) in [7, 11) is 1.87. The summed E-state index contributed by atoms with van der Waals surface area (Å²) >= 11 is 0. The Morgan fingerprint density at radius 3 is 2.64 bits per heavy atom. The lowest BCUT2D eigenvalue weighted by atomic mass is 10.1. The Hall–Kier alpha value is -0.570. The van der Waals surface area contributed by atoms with Gasteiger partial charge in [0.2, 0.25) is 5.91 Å². The average Bonchev–Trinajstić information content (AvgIpc) is 2.82. The number of rotatable bonds is 3. The Labute approximate surface area is 67.5 Å². The van der Waals surface area contributed by atoms with Crippen molar-refractivity contribution in [3.63, 3.8) is 0 Å². The van der Waals surface area contributed by atoms with Crippen molar-refractivity contribution in [2.75, 3.05) is 13.6 Å². The van der Waals surface area contributed by atoms with E-state index in [4.69, 9.17) is 5.73 Å². The van der Waals surface area contributed by atoms with E-state index >= 15 is 0 Å². The highest BCUT2D eigenvalue weighted by atomic mass is 16.2. The number of amides is 1. The van der Waals surface area contributed by atoms with E-state index < -0.39 is 0 Å². The van der Waals surface area contributed by atoms with E-state index in [1.165, 1.54) is 12.8 Å². The normalized spacial score (nSPS) is 19.5. The molecular weight excluding hydrogens is 140 g/mol. The maximum atomic E-state index is 11.4. The second-order valence-electron chi connectivity index (χ2n) is 3.32. The number of carbonyl (C=O) groups is 1. The third-order valence-corrected chi connectivity index (χ3v) is 2.22. The van der Waals surface area contributed by atoms with Gasteiger partial charge in [-0.1, -0.05) is 6.92 Å². The molecule has 0 aliphatic heterocycles. The van der Waals surface area contributed by atoms with Crippen molar-refractivity contribution in [1.82, 2.24) is 4.90 Å². The number of hydrogen-bond acceptors (Lipinski definition) is 2. The Morgan fingerprint density at radius 2 is 2.27 bits per heavy atom. The SMILES string of the molecule is CC(CN)C(=O)N(C)C1CC1. The maximum absolute atomic E-state index is 11.4. The van der Waals surface area contributed by atoms with Gasteiger partial charge in [-0.15, -0.1) is 0 Å². The molecule has 0 aromatic carbocycles. The predicted molar refractivity (Wildman–Crippen MR) is 44.0 cm³/mol. The van der Waals surface area contributed by atoms with Crippen LogP contribution < -0.4 is 5.73 Å². The lowest BCUT2D eigenvalue weighted by Crippen LogP contribution is -2.36. The van der Waals surface area contributed by atoms with E-state index in [9.17, 15) is 4.79 Å². The molecule has 1 aliphatic rings. The van der Waals surface area contributed by atoms with Crippen LogP contribution in [-0.2, 0) is 4.79 Å². The maximum Gasteiger partial charge on any atom is 0.226 e. The monoisotopic (exact) mass is 156 g/mol. The molecule has 3 nitrogen and oxygen atoms in total. The van der Waals surface area contributed by atoms with E-state index in [-0.39, 0.29) is 11.8 Å². The van der Waals surface area contributed by atoms with Crippen LogP contribution >= 0.6 is 0 Å². The molecule has 0 heterocycles. The zero-order valence-corrected chi connectivity index (χ0v) is 7.21. The van der Waals surface area contributed by atoms with Gasteiger partial charge in [0, 0.05) is 25.6 Å². The summed E-state index contributed by atoms with van der Waals surface area (Å²) < 4.78 is 0. The third-order valence-electron chi connectivity index (χ3n) is 2.22. The Balaban J connectivity index is 2.38. The largest absolute Gasteiger partial charge is 0.343 e. The van der Waals surface area contributed by atoms with E-state index in [1.807, 2.05) is 18.9 Å². The first-order valence-corrected chi connectivity index (χ1v) is 4.13. The van der Waals surface area contributed by atoms with Crippen molar-refractivity contribution < 1.29 is 4.79 Å². The minimum Gasteiger partial charge on any atom is -0.343 e. The van der Waals surface area contributed by atoms with Crippen LogP contribution in [0.4, 0.5) is 0 Å². The summed E-state index contributed by atoms with van der Waals surface area (Å²) in [6.07, 6.45) is 2.33. The van der Waals surface area contributed by atoms with Crippen molar-refractivity contribution in [2.45, 2.75) is 25.8 Å². The van der Waals surface area contributed by atoms with Gasteiger partial charge in [-0.25, -0.2) is 0 Å². The molecule has 1 atom stereocenters. The van der Waals surface area contributed by atoms with Gasteiger partial charge in [-0.3, -0.25) is 4.79 Å². The second kappa shape index (κ2) is 3.22. The van der Waals surface area contributed by atoms with Crippen LogP contribution in [-0.4, -0.2) is 30.4 Å². The fourth-order valence-corrected chi connectivity index (χ4v) is 1.09. The quantitative estimate of drug-likeness (QED) is 0.634. The molecule has 0 saturated heterocycles. The summed E-state index contributed by atoms with van der Waals surface area (Å²) in [4.78, 5) is 13.2. The first kappa shape index (κ1) is 8.53. The first-order chi connectivity index (χ1) is 5.16. The standard InChI is InChI=1S/C8H16N2O/c1-6(5-9)8(11)10(2)7-3-4-7/h6-7H,3-5,9H2,1-2H3. The summed E-state index contributed by atoms with van der Waals surface area (Å²) in [6.45, 7) is 2.33. The van der Waals surface area contributed by atoms with Gasteiger partial charge in [-0.05, 0) is 12.8 Å². The topological polar surface area (TPSA) is 46.3 Å². The van der Waals surface area contributed by atoms with Gasteiger partial charge in [0.1, 0.15) is 0 Å². The molecule has 0 aromatic rings. The minimum atomic E-state index is -0.0133. The molecule has 11 heavy (non-hydrogen) atoms. The highest BCUT2D eigenvalue weighted by Gasteiger charge is 2.30. The summed E-state index contributed by atoms with van der Waals surface area (Å²) in [6, 6.07) is 0.511. The van der Waals surface area contributed by atoms with Crippen molar-refractivity contribution in [1.29, 1.82) is 0 Å². The number of nitrogens with zero attached hydrogens (tertiary/aromatic N) is 1. The molecule has 2 N–H and O–H groups in total. The third kappa shape index (κ3) is 1.93. The lowest BCUT2D eigenvalue weighted by molar-refractivity contribution is -0.133. The molecule has 0 bridgehead atoms. The average molecular weight is 156 g/mol. The molecule has 1 saturated carbocycles.